The van der Waals surface area contributed by atoms with E-state index in [2.05, 4.69) is 17.4 Å². The summed E-state index contributed by atoms with van der Waals surface area (Å²) < 4.78 is 5.06. The molecular formula is C12H19NO2. The van der Waals surface area contributed by atoms with Gasteiger partial charge < -0.3 is 15.2 Å². The maximum Gasteiger partial charge on any atom is 0.0503 e. The summed E-state index contributed by atoms with van der Waals surface area (Å²) in [6.07, 6.45) is 1.69. The van der Waals surface area contributed by atoms with Gasteiger partial charge in [-0.3, -0.25) is 0 Å². The van der Waals surface area contributed by atoms with Crippen LogP contribution in [0.1, 0.15) is 12.0 Å². The van der Waals surface area contributed by atoms with Gasteiger partial charge in [0.15, 0.2) is 0 Å². The van der Waals surface area contributed by atoms with Gasteiger partial charge in [-0.2, -0.15) is 0 Å². The minimum atomic E-state index is 0.229. The summed E-state index contributed by atoms with van der Waals surface area (Å²) in [6, 6.07) is 8.20. The third-order valence-electron chi connectivity index (χ3n) is 2.24. The molecule has 0 aliphatic rings. The lowest BCUT2D eigenvalue weighted by Crippen LogP contribution is -2.06. The van der Waals surface area contributed by atoms with Crippen molar-refractivity contribution >= 4 is 5.69 Å². The topological polar surface area (TPSA) is 41.5 Å². The van der Waals surface area contributed by atoms with E-state index < -0.39 is 0 Å². The fraction of sp³-hybridized carbons (Fsp3) is 0.500. The number of aliphatic hydroxyl groups is 1. The van der Waals surface area contributed by atoms with Crippen molar-refractivity contribution in [3.8, 4) is 0 Å². The van der Waals surface area contributed by atoms with Gasteiger partial charge in [0.2, 0.25) is 0 Å². The van der Waals surface area contributed by atoms with Crippen LogP contribution in [0, 0.1) is 0 Å². The molecule has 0 fully saturated rings. The molecule has 0 bridgehead atoms. The molecule has 0 aliphatic heterocycles. The monoisotopic (exact) mass is 209 g/mol. The van der Waals surface area contributed by atoms with Gasteiger partial charge in [-0.15, -0.1) is 0 Å². The Kier molecular flexibility index (Phi) is 5.81. The second-order valence-corrected chi connectivity index (χ2v) is 3.40. The van der Waals surface area contributed by atoms with Crippen LogP contribution < -0.4 is 5.32 Å². The van der Waals surface area contributed by atoms with Gasteiger partial charge in [0.1, 0.15) is 0 Å². The predicted molar refractivity (Wildman–Crippen MR) is 62.2 cm³/mol. The van der Waals surface area contributed by atoms with Crippen LogP contribution in [-0.4, -0.2) is 32.0 Å². The van der Waals surface area contributed by atoms with Crippen LogP contribution in [0.3, 0.4) is 0 Å². The molecule has 1 rings (SSSR count). The van der Waals surface area contributed by atoms with Gasteiger partial charge >= 0.3 is 0 Å². The van der Waals surface area contributed by atoms with E-state index in [0.29, 0.717) is 0 Å². The molecule has 84 valence electrons. The Bertz CT molecular complexity index is 276. The van der Waals surface area contributed by atoms with Crippen LogP contribution in [0.25, 0.3) is 0 Å². The summed E-state index contributed by atoms with van der Waals surface area (Å²) in [5.41, 5.74) is 2.40. The van der Waals surface area contributed by atoms with Crippen LogP contribution >= 0.6 is 0 Å². The number of hydrogen-bond acceptors (Lipinski definition) is 3. The average molecular weight is 209 g/mol. The van der Waals surface area contributed by atoms with Crippen molar-refractivity contribution in [1.29, 1.82) is 0 Å². The standard InChI is InChI=1S/C12H19NO2/c1-15-10-7-11-5-2-3-6-12(11)13-8-4-9-14/h2-3,5-6,13-14H,4,7-10H2,1H3. The Morgan fingerprint density at radius 2 is 2.13 bits per heavy atom. The molecule has 0 saturated heterocycles. The summed E-state index contributed by atoms with van der Waals surface area (Å²) in [4.78, 5) is 0. The van der Waals surface area contributed by atoms with E-state index in [-0.39, 0.29) is 6.61 Å². The first-order chi connectivity index (χ1) is 7.38. The first kappa shape index (κ1) is 12.0. The van der Waals surface area contributed by atoms with Crippen molar-refractivity contribution in [2.45, 2.75) is 12.8 Å². The molecule has 0 aromatic heterocycles. The van der Waals surface area contributed by atoms with Crippen molar-refractivity contribution in [3.05, 3.63) is 29.8 Å². The van der Waals surface area contributed by atoms with E-state index in [0.717, 1.165) is 31.7 Å². The zero-order valence-corrected chi connectivity index (χ0v) is 9.20. The molecule has 0 amide bonds. The maximum absolute atomic E-state index is 8.69. The summed E-state index contributed by atoms with van der Waals surface area (Å²) in [6.45, 7) is 1.77. The number of ether oxygens (including phenoxy) is 1. The Labute approximate surface area is 91.1 Å². The summed E-state index contributed by atoms with van der Waals surface area (Å²) in [5, 5.41) is 12.0. The average Bonchev–Trinajstić information content (AvgIpc) is 2.28. The quantitative estimate of drug-likeness (QED) is 0.671. The molecule has 3 nitrogen and oxygen atoms in total. The van der Waals surface area contributed by atoms with Gasteiger partial charge in [0.25, 0.3) is 0 Å². The molecule has 0 heterocycles. The number of methoxy groups -OCH3 is 1. The molecule has 3 heteroatoms. The second kappa shape index (κ2) is 7.26. The fourth-order valence-electron chi connectivity index (χ4n) is 1.42. The SMILES string of the molecule is COCCc1ccccc1NCCCO. The molecule has 0 unspecified atom stereocenters. The van der Waals surface area contributed by atoms with Gasteiger partial charge in [-0.1, -0.05) is 18.2 Å². The zero-order chi connectivity index (χ0) is 10.9. The number of aliphatic hydroxyl groups excluding tert-OH is 1. The number of para-hydroxylation sites is 1. The zero-order valence-electron chi connectivity index (χ0n) is 9.20. The smallest absolute Gasteiger partial charge is 0.0503 e. The molecule has 1 aromatic carbocycles. The summed E-state index contributed by atoms with van der Waals surface area (Å²) in [7, 11) is 1.71. The maximum atomic E-state index is 8.69. The molecule has 2 N–H and O–H groups in total. The normalized spacial score (nSPS) is 10.3. The third-order valence-corrected chi connectivity index (χ3v) is 2.24. The molecule has 0 spiro atoms. The van der Waals surface area contributed by atoms with E-state index in [1.165, 1.54) is 5.56 Å². The molecule has 0 radical (unpaired) electrons. The Hall–Kier alpha value is -1.06. The van der Waals surface area contributed by atoms with E-state index >= 15 is 0 Å². The predicted octanol–water partition coefficient (Wildman–Crippen LogP) is 1.67. The van der Waals surface area contributed by atoms with Gasteiger partial charge in [0, 0.05) is 25.9 Å². The van der Waals surface area contributed by atoms with Crippen molar-refractivity contribution < 1.29 is 9.84 Å². The van der Waals surface area contributed by atoms with Crippen molar-refractivity contribution in [2.24, 2.45) is 0 Å². The van der Waals surface area contributed by atoms with E-state index in [1.54, 1.807) is 7.11 Å². The van der Waals surface area contributed by atoms with Crippen LogP contribution in [0.2, 0.25) is 0 Å². The highest BCUT2D eigenvalue weighted by molar-refractivity contribution is 5.51. The number of benzene rings is 1. The Balaban J connectivity index is 2.52. The Morgan fingerprint density at radius 1 is 1.33 bits per heavy atom. The summed E-state index contributed by atoms with van der Waals surface area (Å²) >= 11 is 0. The van der Waals surface area contributed by atoms with Crippen molar-refractivity contribution in [1.82, 2.24) is 0 Å². The van der Waals surface area contributed by atoms with Gasteiger partial charge in [-0.05, 0) is 24.5 Å². The highest BCUT2D eigenvalue weighted by Gasteiger charge is 1.99. The largest absolute Gasteiger partial charge is 0.396 e. The van der Waals surface area contributed by atoms with E-state index in [4.69, 9.17) is 9.84 Å². The van der Waals surface area contributed by atoms with E-state index in [1.807, 2.05) is 12.1 Å². The molecule has 15 heavy (non-hydrogen) atoms. The van der Waals surface area contributed by atoms with Crippen LogP contribution in [0.15, 0.2) is 24.3 Å². The lowest BCUT2D eigenvalue weighted by molar-refractivity contribution is 0.202. The van der Waals surface area contributed by atoms with Gasteiger partial charge in [0.05, 0.1) is 6.61 Å². The molecule has 0 aliphatic carbocycles. The lowest BCUT2D eigenvalue weighted by atomic mass is 10.1. The minimum Gasteiger partial charge on any atom is -0.396 e. The Morgan fingerprint density at radius 3 is 2.87 bits per heavy atom. The first-order valence-electron chi connectivity index (χ1n) is 5.30. The van der Waals surface area contributed by atoms with Crippen molar-refractivity contribution in [3.63, 3.8) is 0 Å². The van der Waals surface area contributed by atoms with Crippen LogP contribution in [-0.2, 0) is 11.2 Å². The highest BCUT2D eigenvalue weighted by atomic mass is 16.5. The summed E-state index contributed by atoms with van der Waals surface area (Å²) in [5.74, 6) is 0. The van der Waals surface area contributed by atoms with Crippen molar-refractivity contribution in [2.75, 3.05) is 32.2 Å². The number of rotatable bonds is 7. The fourth-order valence-corrected chi connectivity index (χ4v) is 1.42. The molecule has 0 saturated carbocycles. The second-order valence-electron chi connectivity index (χ2n) is 3.40. The molecular weight excluding hydrogens is 190 g/mol. The number of anilines is 1. The number of nitrogens with one attached hydrogen (secondary N) is 1. The van der Waals surface area contributed by atoms with Crippen LogP contribution in [0.5, 0.6) is 0 Å². The molecule has 0 atom stereocenters. The lowest BCUT2D eigenvalue weighted by Gasteiger charge is -2.11. The first-order valence-corrected chi connectivity index (χ1v) is 5.30. The number of hydrogen-bond donors (Lipinski definition) is 2. The van der Waals surface area contributed by atoms with Gasteiger partial charge in [-0.25, -0.2) is 0 Å². The third kappa shape index (κ3) is 4.32. The highest BCUT2D eigenvalue weighted by Crippen LogP contribution is 2.15. The minimum absolute atomic E-state index is 0.229. The molecule has 1 aromatic rings. The van der Waals surface area contributed by atoms with E-state index in [9.17, 15) is 0 Å². The van der Waals surface area contributed by atoms with Crippen LogP contribution in [0.4, 0.5) is 5.69 Å².